The summed E-state index contributed by atoms with van der Waals surface area (Å²) in [4.78, 5) is 16.3. The first-order chi connectivity index (χ1) is 10.5. The van der Waals surface area contributed by atoms with Gasteiger partial charge in [0, 0.05) is 11.1 Å². The Morgan fingerprint density at radius 3 is 2.77 bits per heavy atom. The molecule has 0 bridgehead atoms. The van der Waals surface area contributed by atoms with Crippen molar-refractivity contribution in [3.8, 4) is 5.75 Å². The molecule has 0 radical (unpaired) electrons. The van der Waals surface area contributed by atoms with Gasteiger partial charge in [-0.1, -0.05) is 29.8 Å². The molecular weight excluding hydrogens is 307 g/mol. The predicted molar refractivity (Wildman–Crippen MR) is 82.8 cm³/mol. The average Bonchev–Trinajstić information content (AvgIpc) is 2.51. The van der Waals surface area contributed by atoms with Crippen molar-refractivity contribution >= 4 is 34.1 Å². The van der Waals surface area contributed by atoms with Crippen LogP contribution in [0.25, 0.3) is 10.9 Å². The quantitative estimate of drug-likeness (QED) is 0.751. The number of amides is 1. The third-order valence-electron chi connectivity index (χ3n) is 3.11. The number of aromatic nitrogens is 1. The van der Waals surface area contributed by atoms with Crippen LogP contribution in [0.4, 0.5) is 10.1 Å². The number of benzene rings is 2. The summed E-state index contributed by atoms with van der Waals surface area (Å²) in [5.74, 6) is -1.04. The second-order valence-electron chi connectivity index (χ2n) is 4.63. The Balaban J connectivity index is 1.91. The lowest BCUT2D eigenvalue weighted by Crippen LogP contribution is -2.13. The Morgan fingerprint density at radius 1 is 1.18 bits per heavy atom. The fourth-order valence-corrected chi connectivity index (χ4v) is 2.21. The Hall–Kier alpha value is -2.66. The number of pyridine rings is 1. The van der Waals surface area contributed by atoms with E-state index in [2.05, 4.69) is 10.3 Å². The number of rotatable bonds is 2. The number of anilines is 1. The standard InChI is InChI=1S/C16H10ClFN2O2/c17-11-8-10(5-6-12(11)18)19-16(22)13-7-4-9-2-1-3-14(21)15(9)20-13/h1-8,21H,(H,19,22). The summed E-state index contributed by atoms with van der Waals surface area (Å²) in [6, 6.07) is 12.1. The molecule has 0 aliphatic carbocycles. The summed E-state index contributed by atoms with van der Waals surface area (Å²) in [7, 11) is 0. The van der Waals surface area contributed by atoms with Gasteiger partial charge in [0.1, 0.15) is 22.8 Å². The molecule has 0 aliphatic heterocycles. The second-order valence-corrected chi connectivity index (χ2v) is 5.04. The Morgan fingerprint density at radius 2 is 2.00 bits per heavy atom. The fraction of sp³-hybridized carbons (Fsp3) is 0. The molecule has 3 aromatic rings. The number of nitrogens with one attached hydrogen (secondary N) is 1. The first kappa shape index (κ1) is 14.3. The molecule has 0 unspecified atom stereocenters. The van der Waals surface area contributed by atoms with Crippen LogP contribution in [0.2, 0.25) is 5.02 Å². The number of halogens is 2. The zero-order valence-corrected chi connectivity index (χ0v) is 11.9. The number of hydrogen-bond acceptors (Lipinski definition) is 3. The summed E-state index contributed by atoms with van der Waals surface area (Å²) in [6.45, 7) is 0. The lowest BCUT2D eigenvalue weighted by Gasteiger charge is -2.07. The largest absolute Gasteiger partial charge is 0.506 e. The zero-order valence-electron chi connectivity index (χ0n) is 11.2. The van der Waals surface area contributed by atoms with E-state index in [1.165, 1.54) is 18.2 Å². The van der Waals surface area contributed by atoms with Gasteiger partial charge in [0.05, 0.1) is 5.02 Å². The number of aromatic hydroxyl groups is 1. The van der Waals surface area contributed by atoms with Crippen LogP contribution in [0.15, 0.2) is 48.5 Å². The summed E-state index contributed by atoms with van der Waals surface area (Å²) in [5.41, 5.74) is 0.831. The van der Waals surface area contributed by atoms with Crippen molar-refractivity contribution in [3.05, 3.63) is 65.1 Å². The molecule has 1 amide bonds. The van der Waals surface area contributed by atoms with Gasteiger partial charge in [-0.05, 0) is 30.3 Å². The highest BCUT2D eigenvalue weighted by Gasteiger charge is 2.11. The van der Waals surface area contributed by atoms with E-state index in [-0.39, 0.29) is 16.5 Å². The molecule has 0 saturated carbocycles. The summed E-state index contributed by atoms with van der Waals surface area (Å²) in [5, 5.41) is 13.0. The van der Waals surface area contributed by atoms with Crippen molar-refractivity contribution < 1.29 is 14.3 Å². The van der Waals surface area contributed by atoms with Gasteiger partial charge in [0.2, 0.25) is 0 Å². The van der Waals surface area contributed by atoms with Crippen molar-refractivity contribution in [1.29, 1.82) is 0 Å². The van der Waals surface area contributed by atoms with Gasteiger partial charge in [0.15, 0.2) is 0 Å². The van der Waals surface area contributed by atoms with E-state index in [0.717, 1.165) is 11.5 Å². The van der Waals surface area contributed by atoms with Crippen molar-refractivity contribution in [2.75, 3.05) is 5.32 Å². The predicted octanol–water partition coefficient (Wildman–Crippen LogP) is 3.99. The van der Waals surface area contributed by atoms with Gasteiger partial charge >= 0.3 is 0 Å². The number of para-hydroxylation sites is 1. The number of phenolic OH excluding ortho intramolecular Hbond substituents is 1. The fourth-order valence-electron chi connectivity index (χ4n) is 2.03. The molecule has 22 heavy (non-hydrogen) atoms. The minimum absolute atomic E-state index is 0.00280. The van der Waals surface area contributed by atoms with E-state index in [0.29, 0.717) is 11.2 Å². The van der Waals surface area contributed by atoms with Gasteiger partial charge in [-0.15, -0.1) is 0 Å². The molecule has 4 nitrogen and oxygen atoms in total. The Bertz CT molecular complexity index is 883. The van der Waals surface area contributed by atoms with E-state index < -0.39 is 11.7 Å². The third-order valence-corrected chi connectivity index (χ3v) is 3.40. The van der Waals surface area contributed by atoms with Gasteiger partial charge in [-0.3, -0.25) is 4.79 Å². The van der Waals surface area contributed by atoms with Crippen LogP contribution >= 0.6 is 11.6 Å². The number of phenols is 1. The third kappa shape index (κ3) is 2.71. The maximum Gasteiger partial charge on any atom is 0.274 e. The van der Waals surface area contributed by atoms with Crippen LogP contribution in [-0.4, -0.2) is 16.0 Å². The number of carbonyl (C=O) groups is 1. The average molecular weight is 317 g/mol. The number of hydrogen-bond donors (Lipinski definition) is 2. The molecule has 1 aromatic heterocycles. The normalized spacial score (nSPS) is 10.6. The molecule has 0 spiro atoms. The van der Waals surface area contributed by atoms with E-state index >= 15 is 0 Å². The van der Waals surface area contributed by atoms with Crippen molar-refractivity contribution in [2.45, 2.75) is 0 Å². The first-order valence-electron chi connectivity index (χ1n) is 6.40. The lowest BCUT2D eigenvalue weighted by molar-refractivity contribution is 0.102. The minimum Gasteiger partial charge on any atom is -0.506 e. The van der Waals surface area contributed by atoms with Crippen molar-refractivity contribution in [2.24, 2.45) is 0 Å². The smallest absolute Gasteiger partial charge is 0.274 e. The molecule has 2 N–H and O–H groups in total. The molecule has 2 aromatic carbocycles. The Labute approximate surface area is 130 Å². The minimum atomic E-state index is -0.562. The van der Waals surface area contributed by atoms with Crippen LogP contribution in [0.1, 0.15) is 10.5 Å². The zero-order chi connectivity index (χ0) is 15.7. The molecule has 0 aliphatic rings. The van der Waals surface area contributed by atoms with Gasteiger partial charge < -0.3 is 10.4 Å². The van der Waals surface area contributed by atoms with Gasteiger partial charge in [0.25, 0.3) is 5.91 Å². The van der Waals surface area contributed by atoms with Crippen LogP contribution in [0, 0.1) is 5.82 Å². The maximum absolute atomic E-state index is 13.1. The molecule has 110 valence electrons. The summed E-state index contributed by atoms with van der Waals surface area (Å²) < 4.78 is 13.1. The molecule has 0 atom stereocenters. The van der Waals surface area contributed by atoms with Crippen molar-refractivity contribution in [3.63, 3.8) is 0 Å². The number of fused-ring (bicyclic) bond motifs is 1. The van der Waals surface area contributed by atoms with Crippen LogP contribution in [-0.2, 0) is 0 Å². The highest BCUT2D eigenvalue weighted by atomic mass is 35.5. The lowest BCUT2D eigenvalue weighted by atomic mass is 10.2. The van der Waals surface area contributed by atoms with E-state index in [9.17, 15) is 14.3 Å². The molecule has 3 rings (SSSR count). The van der Waals surface area contributed by atoms with Crippen LogP contribution in [0.3, 0.4) is 0 Å². The van der Waals surface area contributed by atoms with E-state index in [1.807, 2.05) is 0 Å². The highest BCUT2D eigenvalue weighted by molar-refractivity contribution is 6.31. The monoisotopic (exact) mass is 316 g/mol. The molecule has 0 fully saturated rings. The Kier molecular flexibility index (Phi) is 3.65. The number of carbonyl (C=O) groups excluding carboxylic acids is 1. The maximum atomic E-state index is 13.1. The summed E-state index contributed by atoms with van der Waals surface area (Å²) >= 11 is 5.67. The van der Waals surface area contributed by atoms with Crippen LogP contribution in [0.5, 0.6) is 5.75 Å². The molecule has 1 heterocycles. The van der Waals surface area contributed by atoms with Gasteiger partial charge in [-0.2, -0.15) is 0 Å². The second kappa shape index (κ2) is 5.61. The van der Waals surface area contributed by atoms with Crippen LogP contribution < -0.4 is 5.32 Å². The number of nitrogens with zero attached hydrogens (tertiary/aromatic N) is 1. The first-order valence-corrected chi connectivity index (χ1v) is 6.77. The topological polar surface area (TPSA) is 62.2 Å². The van der Waals surface area contributed by atoms with E-state index in [4.69, 9.17) is 11.6 Å². The molecule has 0 saturated heterocycles. The highest BCUT2D eigenvalue weighted by Crippen LogP contribution is 2.23. The molecular formula is C16H10ClFN2O2. The SMILES string of the molecule is O=C(Nc1ccc(F)c(Cl)c1)c1ccc2cccc(O)c2n1. The van der Waals surface area contributed by atoms with Gasteiger partial charge in [-0.25, -0.2) is 9.37 Å². The van der Waals surface area contributed by atoms with E-state index in [1.54, 1.807) is 24.3 Å². The molecule has 6 heteroatoms. The van der Waals surface area contributed by atoms with Crippen molar-refractivity contribution in [1.82, 2.24) is 4.98 Å². The summed E-state index contributed by atoms with van der Waals surface area (Å²) in [6.07, 6.45) is 0.